The van der Waals surface area contributed by atoms with E-state index in [1.165, 1.54) is 19.5 Å². The van der Waals surface area contributed by atoms with Crippen molar-refractivity contribution in [3.63, 3.8) is 0 Å². The number of ketones is 1. The van der Waals surface area contributed by atoms with Gasteiger partial charge in [-0.15, -0.1) is 0 Å². The number of hydrogen-bond acceptors (Lipinski definition) is 3. The van der Waals surface area contributed by atoms with E-state index >= 15 is 0 Å². The van der Waals surface area contributed by atoms with Gasteiger partial charge >= 0.3 is 0 Å². The largest absolute Gasteiger partial charge is 0.335 e. The number of carbonyl (C=O) groups excluding carboxylic acids is 2. The number of Topliss-reactive ketones (excluding diaryl/α,β-unsaturated/α-hetero) is 1. The highest BCUT2D eigenvalue weighted by atomic mass is 16.2. The van der Waals surface area contributed by atoms with Crippen molar-refractivity contribution in [3.8, 4) is 0 Å². The first-order valence-electron chi connectivity index (χ1n) is 7.13. The van der Waals surface area contributed by atoms with Crippen LogP contribution < -0.4 is 0 Å². The monoisotopic (exact) mass is 252 g/mol. The van der Waals surface area contributed by atoms with Gasteiger partial charge in [0.15, 0.2) is 5.78 Å². The molecule has 2 fully saturated rings. The zero-order chi connectivity index (χ0) is 13.0. The van der Waals surface area contributed by atoms with Crippen molar-refractivity contribution in [2.24, 2.45) is 5.92 Å². The number of piperidine rings is 1. The van der Waals surface area contributed by atoms with E-state index in [-0.39, 0.29) is 11.7 Å². The first-order chi connectivity index (χ1) is 8.65. The SMILES string of the molecule is CN1CCC(CCCC(=O)N2CCCC(=O)C2)C1. The van der Waals surface area contributed by atoms with Crippen LogP contribution in [0, 0.1) is 5.92 Å². The third-order valence-corrected chi connectivity index (χ3v) is 4.10. The average Bonchev–Trinajstić information content (AvgIpc) is 2.75. The molecule has 0 spiro atoms. The standard InChI is InChI=1S/C14H24N2O2/c1-15-9-7-12(10-15)4-2-6-14(18)16-8-3-5-13(17)11-16/h12H,2-11H2,1H3. The summed E-state index contributed by atoms with van der Waals surface area (Å²) in [6.45, 7) is 3.50. The first kappa shape index (κ1) is 13.5. The van der Waals surface area contributed by atoms with Crippen molar-refractivity contribution < 1.29 is 9.59 Å². The number of nitrogens with zero attached hydrogens (tertiary/aromatic N) is 2. The Bertz CT molecular complexity index is 317. The van der Waals surface area contributed by atoms with Crippen LogP contribution in [0.4, 0.5) is 0 Å². The van der Waals surface area contributed by atoms with Gasteiger partial charge in [0.1, 0.15) is 0 Å². The van der Waals surface area contributed by atoms with Gasteiger partial charge in [-0.1, -0.05) is 0 Å². The Morgan fingerprint density at radius 1 is 1.39 bits per heavy atom. The minimum atomic E-state index is 0.175. The lowest BCUT2D eigenvalue weighted by Gasteiger charge is -2.26. The lowest BCUT2D eigenvalue weighted by molar-refractivity contribution is -0.137. The zero-order valence-electron chi connectivity index (χ0n) is 11.4. The van der Waals surface area contributed by atoms with Crippen LogP contribution >= 0.6 is 0 Å². The molecule has 2 saturated heterocycles. The maximum absolute atomic E-state index is 11.9. The van der Waals surface area contributed by atoms with E-state index in [4.69, 9.17) is 0 Å². The second kappa shape index (κ2) is 6.32. The van der Waals surface area contributed by atoms with Crippen LogP contribution in [0.2, 0.25) is 0 Å². The van der Waals surface area contributed by atoms with Crippen molar-refractivity contribution in [2.45, 2.75) is 38.5 Å². The first-order valence-corrected chi connectivity index (χ1v) is 7.13. The van der Waals surface area contributed by atoms with Crippen molar-refractivity contribution in [1.29, 1.82) is 0 Å². The average molecular weight is 252 g/mol. The van der Waals surface area contributed by atoms with Crippen molar-refractivity contribution in [1.82, 2.24) is 9.80 Å². The van der Waals surface area contributed by atoms with Crippen molar-refractivity contribution in [3.05, 3.63) is 0 Å². The molecule has 0 aromatic rings. The third-order valence-electron chi connectivity index (χ3n) is 4.10. The molecule has 4 heteroatoms. The summed E-state index contributed by atoms with van der Waals surface area (Å²) in [6.07, 6.45) is 5.51. The van der Waals surface area contributed by atoms with Gasteiger partial charge in [0.05, 0.1) is 6.54 Å². The minimum absolute atomic E-state index is 0.175. The maximum atomic E-state index is 11.9. The Kier molecular flexibility index (Phi) is 4.75. The summed E-state index contributed by atoms with van der Waals surface area (Å²) in [6, 6.07) is 0. The highest BCUT2D eigenvalue weighted by Gasteiger charge is 2.22. The topological polar surface area (TPSA) is 40.6 Å². The number of likely N-dealkylation sites (tertiary alicyclic amines) is 2. The van der Waals surface area contributed by atoms with Crippen LogP contribution in [-0.4, -0.2) is 54.7 Å². The molecule has 2 aliphatic heterocycles. The van der Waals surface area contributed by atoms with Crippen LogP contribution in [0.1, 0.15) is 38.5 Å². The molecule has 0 aromatic carbocycles. The van der Waals surface area contributed by atoms with Gasteiger partial charge in [-0.25, -0.2) is 0 Å². The van der Waals surface area contributed by atoms with Gasteiger partial charge < -0.3 is 9.80 Å². The summed E-state index contributed by atoms with van der Waals surface area (Å²) in [7, 11) is 2.16. The molecule has 0 N–H and O–H groups in total. The van der Waals surface area contributed by atoms with Crippen LogP contribution in [0.15, 0.2) is 0 Å². The molecule has 102 valence electrons. The minimum Gasteiger partial charge on any atom is -0.335 e. The molecule has 2 aliphatic rings. The smallest absolute Gasteiger partial charge is 0.222 e. The molecule has 2 rings (SSSR count). The van der Waals surface area contributed by atoms with Crippen LogP contribution in [0.5, 0.6) is 0 Å². The summed E-state index contributed by atoms with van der Waals surface area (Å²) in [4.78, 5) is 27.3. The van der Waals surface area contributed by atoms with Gasteiger partial charge in [-0.3, -0.25) is 9.59 Å². The fraction of sp³-hybridized carbons (Fsp3) is 0.857. The van der Waals surface area contributed by atoms with Crippen molar-refractivity contribution in [2.75, 3.05) is 33.2 Å². The predicted octanol–water partition coefficient (Wildman–Crippen LogP) is 1.30. The van der Waals surface area contributed by atoms with E-state index in [1.807, 2.05) is 0 Å². The highest BCUT2D eigenvalue weighted by molar-refractivity contribution is 5.87. The molecule has 0 aliphatic carbocycles. The lowest BCUT2D eigenvalue weighted by atomic mass is 10.0. The molecule has 0 bridgehead atoms. The number of hydrogen-bond donors (Lipinski definition) is 0. The normalized spacial score (nSPS) is 25.7. The molecule has 0 aromatic heterocycles. The van der Waals surface area contributed by atoms with E-state index in [0.717, 1.165) is 31.7 Å². The molecule has 0 saturated carbocycles. The third kappa shape index (κ3) is 3.80. The highest BCUT2D eigenvalue weighted by Crippen LogP contribution is 2.20. The van der Waals surface area contributed by atoms with E-state index in [1.54, 1.807) is 4.90 Å². The Hall–Kier alpha value is -0.900. The number of rotatable bonds is 4. The van der Waals surface area contributed by atoms with Crippen LogP contribution in [-0.2, 0) is 9.59 Å². The van der Waals surface area contributed by atoms with E-state index in [0.29, 0.717) is 19.4 Å². The number of amides is 1. The molecule has 1 amide bonds. The van der Waals surface area contributed by atoms with Crippen LogP contribution in [0.3, 0.4) is 0 Å². The fourth-order valence-corrected chi connectivity index (χ4v) is 3.01. The van der Waals surface area contributed by atoms with Gasteiger partial charge in [0, 0.05) is 25.9 Å². The molecule has 4 nitrogen and oxygen atoms in total. The van der Waals surface area contributed by atoms with Gasteiger partial charge in [0.25, 0.3) is 0 Å². The van der Waals surface area contributed by atoms with E-state index < -0.39 is 0 Å². The molecule has 1 unspecified atom stereocenters. The fourth-order valence-electron chi connectivity index (χ4n) is 3.01. The molecular weight excluding hydrogens is 228 g/mol. The molecule has 0 radical (unpaired) electrons. The Balaban J connectivity index is 1.64. The second-order valence-corrected chi connectivity index (χ2v) is 5.77. The predicted molar refractivity (Wildman–Crippen MR) is 70.3 cm³/mol. The Morgan fingerprint density at radius 2 is 2.22 bits per heavy atom. The summed E-state index contributed by atoms with van der Waals surface area (Å²) in [5, 5.41) is 0. The molecule has 2 heterocycles. The van der Waals surface area contributed by atoms with E-state index in [9.17, 15) is 9.59 Å². The van der Waals surface area contributed by atoms with Gasteiger partial charge in [0.2, 0.25) is 5.91 Å². The molecule has 18 heavy (non-hydrogen) atoms. The Morgan fingerprint density at radius 3 is 2.89 bits per heavy atom. The summed E-state index contributed by atoms with van der Waals surface area (Å²) >= 11 is 0. The molecule has 1 atom stereocenters. The van der Waals surface area contributed by atoms with Crippen LogP contribution in [0.25, 0.3) is 0 Å². The summed E-state index contributed by atoms with van der Waals surface area (Å²) < 4.78 is 0. The lowest BCUT2D eigenvalue weighted by Crippen LogP contribution is -2.40. The van der Waals surface area contributed by atoms with Crippen molar-refractivity contribution >= 4 is 11.7 Å². The number of carbonyl (C=O) groups is 2. The maximum Gasteiger partial charge on any atom is 0.222 e. The summed E-state index contributed by atoms with van der Waals surface area (Å²) in [5.74, 6) is 1.16. The quantitative estimate of drug-likeness (QED) is 0.757. The Labute approximate surface area is 109 Å². The molecular formula is C14H24N2O2. The second-order valence-electron chi connectivity index (χ2n) is 5.77. The van der Waals surface area contributed by atoms with E-state index in [2.05, 4.69) is 11.9 Å². The van der Waals surface area contributed by atoms with Gasteiger partial charge in [-0.05, 0) is 45.2 Å². The summed E-state index contributed by atoms with van der Waals surface area (Å²) in [5.41, 5.74) is 0. The zero-order valence-corrected chi connectivity index (χ0v) is 11.4. The van der Waals surface area contributed by atoms with Gasteiger partial charge in [-0.2, -0.15) is 0 Å².